The van der Waals surface area contributed by atoms with Crippen LogP contribution < -0.4 is 14.8 Å². The number of hydrogen-bond donors (Lipinski definition) is 1. The van der Waals surface area contributed by atoms with Crippen molar-refractivity contribution < 1.29 is 14.3 Å². The lowest BCUT2D eigenvalue weighted by Crippen LogP contribution is -2.25. The molecule has 1 heterocycles. The maximum Gasteiger partial charge on any atom is 0.244 e. The van der Waals surface area contributed by atoms with E-state index in [0.717, 1.165) is 39.4 Å². The first-order chi connectivity index (χ1) is 14.9. The summed E-state index contributed by atoms with van der Waals surface area (Å²) in [6.07, 6.45) is 5.11. The minimum absolute atomic E-state index is 0.125. The second kappa shape index (κ2) is 9.98. The molecule has 0 aliphatic carbocycles. The normalized spacial score (nSPS) is 12.0. The molecule has 1 atom stereocenters. The molecule has 0 radical (unpaired) electrons. The van der Waals surface area contributed by atoms with Crippen molar-refractivity contribution in [3.63, 3.8) is 0 Å². The molecular formula is C25H29N3O3. The van der Waals surface area contributed by atoms with Crippen LogP contribution in [0.1, 0.15) is 40.9 Å². The van der Waals surface area contributed by atoms with Crippen molar-refractivity contribution in [2.45, 2.75) is 33.4 Å². The van der Waals surface area contributed by atoms with Crippen LogP contribution in [0.2, 0.25) is 0 Å². The van der Waals surface area contributed by atoms with E-state index < -0.39 is 0 Å². The SMILES string of the molecule is COc1ccc(/C=C/C(=O)NC(C)c2cnn(C)c2C)cc1COc1ccccc1C. The van der Waals surface area contributed by atoms with E-state index in [0.29, 0.717) is 6.61 Å². The predicted molar refractivity (Wildman–Crippen MR) is 122 cm³/mol. The number of rotatable bonds is 8. The fourth-order valence-corrected chi connectivity index (χ4v) is 3.34. The van der Waals surface area contributed by atoms with Gasteiger partial charge in [0, 0.05) is 29.9 Å². The molecule has 0 saturated heterocycles. The molecule has 0 spiro atoms. The second-order valence-electron chi connectivity index (χ2n) is 7.50. The first-order valence-corrected chi connectivity index (χ1v) is 10.2. The number of ether oxygens (including phenoxy) is 2. The quantitative estimate of drug-likeness (QED) is 0.546. The molecule has 162 valence electrons. The Kier molecular flexibility index (Phi) is 7.13. The summed E-state index contributed by atoms with van der Waals surface area (Å²) in [5.41, 5.74) is 4.92. The Balaban J connectivity index is 1.67. The number of amides is 1. The lowest BCUT2D eigenvalue weighted by Gasteiger charge is -2.13. The van der Waals surface area contributed by atoms with E-state index in [4.69, 9.17) is 9.47 Å². The molecule has 0 aliphatic heterocycles. The Morgan fingerprint density at radius 1 is 1.19 bits per heavy atom. The molecule has 31 heavy (non-hydrogen) atoms. The number of para-hydroxylation sites is 1. The number of nitrogens with zero attached hydrogens (tertiary/aromatic N) is 2. The van der Waals surface area contributed by atoms with Crippen LogP contribution in [-0.2, 0) is 18.4 Å². The fraction of sp³-hybridized carbons (Fsp3) is 0.280. The van der Waals surface area contributed by atoms with Crippen LogP contribution in [0.4, 0.5) is 0 Å². The maximum atomic E-state index is 12.4. The average Bonchev–Trinajstić information content (AvgIpc) is 3.10. The molecule has 0 bridgehead atoms. The second-order valence-corrected chi connectivity index (χ2v) is 7.50. The molecule has 1 aromatic heterocycles. The Labute approximate surface area is 183 Å². The van der Waals surface area contributed by atoms with Crippen LogP contribution in [0.15, 0.2) is 54.7 Å². The monoisotopic (exact) mass is 419 g/mol. The van der Waals surface area contributed by atoms with Crippen molar-refractivity contribution in [2.24, 2.45) is 7.05 Å². The van der Waals surface area contributed by atoms with E-state index in [9.17, 15) is 4.79 Å². The highest BCUT2D eigenvalue weighted by Gasteiger charge is 2.13. The number of carbonyl (C=O) groups is 1. The van der Waals surface area contributed by atoms with Gasteiger partial charge in [-0.2, -0.15) is 5.10 Å². The lowest BCUT2D eigenvalue weighted by atomic mass is 10.1. The zero-order valence-electron chi connectivity index (χ0n) is 18.7. The lowest BCUT2D eigenvalue weighted by molar-refractivity contribution is -0.117. The van der Waals surface area contributed by atoms with Gasteiger partial charge in [-0.05, 0) is 56.2 Å². The summed E-state index contributed by atoms with van der Waals surface area (Å²) in [4.78, 5) is 12.4. The number of benzene rings is 2. The Morgan fingerprint density at radius 2 is 1.97 bits per heavy atom. The number of methoxy groups -OCH3 is 1. The predicted octanol–water partition coefficient (Wildman–Crippen LogP) is 4.52. The zero-order valence-corrected chi connectivity index (χ0v) is 18.7. The third kappa shape index (κ3) is 5.54. The third-order valence-corrected chi connectivity index (χ3v) is 5.31. The van der Waals surface area contributed by atoms with Gasteiger partial charge in [-0.15, -0.1) is 0 Å². The highest BCUT2D eigenvalue weighted by molar-refractivity contribution is 5.92. The van der Waals surface area contributed by atoms with Crippen LogP contribution in [0.25, 0.3) is 6.08 Å². The van der Waals surface area contributed by atoms with Crippen molar-refractivity contribution in [3.05, 3.63) is 82.7 Å². The summed E-state index contributed by atoms with van der Waals surface area (Å²) in [7, 11) is 3.52. The van der Waals surface area contributed by atoms with Gasteiger partial charge in [-0.3, -0.25) is 9.48 Å². The molecule has 3 aromatic rings. The van der Waals surface area contributed by atoms with Gasteiger partial charge in [0.25, 0.3) is 0 Å². The van der Waals surface area contributed by atoms with E-state index in [1.54, 1.807) is 24.1 Å². The van der Waals surface area contributed by atoms with Gasteiger partial charge >= 0.3 is 0 Å². The Bertz CT molecular complexity index is 1090. The van der Waals surface area contributed by atoms with E-state index in [2.05, 4.69) is 10.4 Å². The number of hydrogen-bond acceptors (Lipinski definition) is 4. The Hall–Kier alpha value is -3.54. The van der Waals surface area contributed by atoms with E-state index in [-0.39, 0.29) is 11.9 Å². The topological polar surface area (TPSA) is 65.4 Å². The van der Waals surface area contributed by atoms with Crippen molar-refractivity contribution in [1.82, 2.24) is 15.1 Å². The van der Waals surface area contributed by atoms with Gasteiger partial charge in [-0.25, -0.2) is 0 Å². The molecule has 1 unspecified atom stereocenters. The fourth-order valence-electron chi connectivity index (χ4n) is 3.34. The molecule has 3 rings (SSSR count). The van der Waals surface area contributed by atoms with E-state index in [1.807, 2.05) is 70.3 Å². The molecular weight excluding hydrogens is 390 g/mol. The molecule has 0 saturated carbocycles. The van der Waals surface area contributed by atoms with Crippen molar-refractivity contribution in [1.29, 1.82) is 0 Å². The standard InChI is InChI=1S/C25H29N3O3/c1-17-8-6-7-9-23(17)31-16-21-14-20(10-12-24(21)30-5)11-13-25(29)27-18(2)22-15-26-28(4)19(22)3/h6-15,18H,16H2,1-5H3,(H,27,29)/b13-11+. The van der Waals surface area contributed by atoms with E-state index >= 15 is 0 Å². The smallest absolute Gasteiger partial charge is 0.244 e. The molecule has 6 nitrogen and oxygen atoms in total. The maximum absolute atomic E-state index is 12.4. The number of nitrogens with one attached hydrogen (secondary N) is 1. The first kappa shape index (κ1) is 22.2. The van der Waals surface area contributed by atoms with Crippen LogP contribution >= 0.6 is 0 Å². The first-order valence-electron chi connectivity index (χ1n) is 10.2. The largest absolute Gasteiger partial charge is 0.496 e. The summed E-state index contributed by atoms with van der Waals surface area (Å²) in [5.74, 6) is 1.42. The molecule has 0 aliphatic rings. The molecule has 6 heteroatoms. The summed E-state index contributed by atoms with van der Waals surface area (Å²) in [5, 5.41) is 7.21. The van der Waals surface area contributed by atoms with Crippen LogP contribution in [0.3, 0.4) is 0 Å². The Morgan fingerprint density at radius 3 is 2.65 bits per heavy atom. The minimum Gasteiger partial charge on any atom is -0.496 e. The van der Waals surface area contributed by atoms with Gasteiger partial charge < -0.3 is 14.8 Å². The number of aromatic nitrogens is 2. The van der Waals surface area contributed by atoms with Crippen molar-refractivity contribution >= 4 is 12.0 Å². The molecule has 2 aromatic carbocycles. The van der Waals surface area contributed by atoms with E-state index in [1.165, 1.54) is 6.08 Å². The van der Waals surface area contributed by atoms with Crippen molar-refractivity contribution in [2.75, 3.05) is 7.11 Å². The summed E-state index contributed by atoms with van der Waals surface area (Å²) < 4.78 is 13.2. The van der Waals surface area contributed by atoms with Gasteiger partial charge in [0.2, 0.25) is 5.91 Å². The third-order valence-electron chi connectivity index (χ3n) is 5.31. The summed E-state index contributed by atoms with van der Waals surface area (Å²) >= 11 is 0. The van der Waals surface area contributed by atoms with Crippen molar-refractivity contribution in [3.8, 4) is 11.5 Å². The number of aryl methyl sites for hydroxylation is 2. The highest BCUT2D eigenvalue weighted by atomic mass is 16.5. The van der Waals surface area contributed by atoms with Gasteiger partial charge in [-0.1, -0.05) is 24.3 Å². The molecule has 1 amide bonds. The minimum atomic E-state index is -0.163. The zero-order chi connectivity index (χ0) is 22.4. The number of carbonyl (C=O) groups excluding carboxylic acids is 1. The highest BCUT2D eigenvalue weighted by Crippen LogP contribution is 2.24. The molecule has 0 fully saturated rings. The average molecular weight is 420 g/mol. The van der Waals surface area contributed by atoms with Crippen LogP contribution in [0.5, 0.6) is 11.5 Å². The molecule has 1 N–H and O–H groups in total. The summed E-state index contributed by atoms with van der Waals surface area (Å²) in [6, 6.07) is 13.5. The van der Waals surface area contributed by atoms with Crippen LogP contribution in [-0.4, -0.2) is 22.8 Å². The van der Waals surface area contributed by atoms with Gasteiger partial charge in [0.1, 0.15) is 18.1 Å². The van der Waals surface area contributed by atoms with Gasteiger partial charge in [0.15, 0.2) is 0 Å². The summed E-state index contributed by atoms with van der Waals surface area (Å²) in [6.45, 7) is 6.32. The van der Waals surface area contributed by atoms with Gasteiger partial charge in [0.05, 0.1) is 19.3 Å². The van der Waals surface area contributed by atoms with Crippen LogP contribution in [0, 0.1) is 13.8 Å².